The Kier molecular flexibility index (Phi) is 6.77. The number of hydrogen-bond acceptors (Lipinski definition) is 7. The number of carbonyl (C=O) groups is 1. The van der Waals surface area contributed by atoms with Crippen LogP contribution in [0.15, 0.2) is 54.1 Å². The summed E-state index contributed by atoms with van der Waals surface area (Å²) in [5, 5.41) is 0. The summed E-state index contributed by atoms with van der Waals surface area (Å²) in [5.74, 6) is 0.421. The molecule has 1 unspecified atom stereocenters. The average Bonchev–Trinajstić information content (AvgIpc) is 3.47. The maximum atomic E-state index is 12.9. The minimum absolute atomic E-state index is 0.340. The zero-order valence-electron chi connectivity index (χ0n) is 20.8. The number of furan rings is 1. The summed E-state index contributed by atoms with van der Waals surface area (Å²) in [6, 6.07) is 3.37. The van der Waals surface area contributed by atoms with Crippen LogP contribution in [0.1, 0.15) is 52.8 Å². The first kappa shape index (κ1) is 24.3. The number of nitrogens with zero attached hydrogens (tertiary/aromatic N) is 5. The Balaban J connectivity index is 1.78. The maximum Gasteiger partial charge on any atom is 0.410 e. The molecule has 0 fully saturated rings. The second kappa shape index (κ2) is 9.77. The fourth-order valence-electron chi connectivity index (χ4n) is 3.79. The predicted molar refractivity (Wildman–Crippen MR) is 133 cm³/mol. The highest BCUT2D eigenvalue weighted by Gasteiger charge is 2.28. The van der Waals surface area contributed by atoms with E-state index in [0.29, 0.717) is 53.6 Å². The van der Waals surface area contributed by atoms with E-state index in [1.807, 2.05) is 57.5 Å². The van der Waals surface area contributed by atoms with E-state index in [-0.39, 0.29) is 12.1 Å². The van der Waals surface area contributed by atoms with Gasteiger partial charge in [-0.1, -0.05) is 6.08 Å². The maximum absolute atomic E-state index is 12.9. The van der Waals surface area contributed by atoms with Crippen molar-refractivity contribution in [3.8, 4) is 17.1 Å². The molecule has 4 aromatic rings. The molecule has 4 heterocycles. The van der Waals surface area contributed by atoms with Crippen molar-refractivity contribution in [3.63, 3.8) is 0 Å². The topological polar surface area (TPSA) is 95.0 Å². The van der Waals surface area contributed by atoms with E-state index >= 15 is 0 Å². The van der Waals surface area contributed by atoms with Crippen LogP contribution in [0.25, 0.3) is 28.0 Å². The number of carbonyl (C=O) groups excluding carboxylic acids is 1. The van der Waals surface area contributed by atoms with Gasteiger partial charge < -0.3 is 23.2 Å². The van der Waals surface area contributed by atoms with Crippen molar-refractivity contribution < 1.29 is 18.7 Å². The lowest BCUT2D eigenvalue weighted by molar-refractivity contribution is 0.0183. The molecule has 4 aromatic heterocycles. The molecule has 0 N–H and O–H groups in total. The molecule has 0 aliphatic heterocycles. The van der Waals surface area contributed by atoms with Gasteiger partial charge in [-0.3, -0.25) is 0 Å². The minimum Gasteiger partial charge on any atom is -0.475 e. The van der Waals surface area contributed by atoms with Crippen molar-refractivity contribution in [1.29, 1.82) is 0 Å². The van der Waals surface area contributed by atoms with Gasteiger partial charge in [0.1, 0.15) is 11.1 Å². The Morgan fingerprint density at radius 1 is 1.34 bits per heavy atom. The van der Waals surface area contributed by atoms with Gasteiger partial charge in [-0.05, 0) is 47.1 Å². The molecule has 0 spiro atoms. The van der Waals surface area contributed by atoms with E-state index in [4.69, 9.17) is 23.9 Å². The summed E-state index contributed by atoms with van der Waals surface area (Å²) in [6.07, 6.45) is 9.10. The molecule has 4 rings (SSSR count). The third-order valence-corrected chi connectivity index (χ3v) is 5.48. The van der Waals surface area contributed by atoms with Crippen LogP contribution in [0.2, 0.25) is 0 Å². The van der Waals surface area contributed by atoms with E-state index in [2.05, 4.69) is 11.6 Å². The summed E-state index contributed by atoms with van der Waals surface area (Å²) < 4.78 is 19.2. The van der Waals surface area contributed by atoms with E-state index in [9.17, 15) is 4.79 Å². The second-order valence-corrected chi connectivity index (χ2v) is 9.19. The summed E-state index contributed by atoms with van der Waals surface area (Å²) in [5.41, 5.74) is 3.38. The zero-order chi connectivity index (χ0) is 25.2. The number of pyridine rings is 1. The van der Waals surface area contributed by atoms with E-state index in [1.165, 1.54) is 0 Å². The van der Waals surface area contributed by atoms with Crippen LogP contribution >= 0.6 is 0 Å². The number of rotatable bonds is 8. The number of imidazole rings is 1. The Morgan fingerprint density at radius 3 is 2.86 bits per heavy atom. The van der Waals surface area contributed by atoms with Crippen molar-refractivity contribution in [2.75, 3.05) is 13.2 Å². The van der Waals surface area contributed by atoms with Gasteiger partial charge in [0.25, 0.3) is 5.88 Å². The monoisotopic (exact) mass is 477 g/mol. The molecular formula is C26H31N5O4. The molecule has 9 heteroatoms. The first-order valence-corrected chi connectivity index (χ1v) is 11.7. The first-order valence-electron chi connectivity index (χ1n) is 11.7. The molecule has 184 valence electrons. The molecule has 0 radical (unpaired) electrons. The Hall–Kier alpha value is -3.88. The van der Waals surface area contributed by atoms with Crippen LogP contribution in [-0.2, 0) is 4.74 Å². The number of amides is 1. The second-order valence-electron chi connectivity index (χ2n) is 9.19. The van der Waals surface area contributed by atoms with Crippen LogP contribution in [0.3, 0.4) is 0 Å². The van der Waals surface area contributed by atoms with Crippen LogP contribution < -0.4 is 4.74 Å². The van der Waals surface area contributed by atoms with Gasteiger partial charge in [0, 0.05) is 36.8 Å². The van der Waals surface area contributed by atoms with Gasteiger partial charge in [0.15, 0.2) is 5.58 Å². The summed E-state index contributed by atoms with van der Waals surface area (Å²) in [7, 11) is 0. The van der Waals surface area contributed by atoms with Gasteiger partial charge in [-0.25, -0.2) is 19.7 Å². The van der Waals surface area contributed by atoms with Crippen LogP contribution in [0, 0.1) is 0 Å². The van der Waals surface area contributed by atoms with Gasteiger partial charge in [0.05, 0.1) is 30.3 Å². The van der Waals surface area contributed by atoms with E-state index in [1.54, 1.807) is 29.5 Å². The minimum atomic E-state index is -0.594. The lowest BCUT2D eigenvalue weighted by Crippen LogP contribution is -2.38. The Labute approximate surface area is 204 Å². The van der Waals surface area contributed by atoms with Gasteiger partial charge in [-0.2, -0.15) is 0 Å². The van der Waals surface area contributed by atoms with Crippen molar-refractivity contribution in [1.82, 2.24) is 24.3 Å². The van der Waals surface area contributed by atoms with Gasteiger partial charge in [-0.15, -0.1) is 6.58 Å². The number of hydrogen-bond donors (Lipinski definition) is 0. The fourth-order valence-corrected chi connectivity index (χ4v) is 3.79. The van der Waals surface area contributed by atoms with Crippen molar-refractivity contribution in [2.24, 2.45) is 0 Å². The molecule has 9 nitrogen and oxygen atoms in total. The lowest BCUT2D eigenvalue weighted by atomic mass is 10.1. The molecule has 0 aliphatic rings. The summed E-state index contributed by atoms with van der Waals surface area (Å²) >= 11 is 0. The number of fused-ring (bicyclic) bond motifs is 2. The van der Waals surface area contributed by atoms with Crippen molar-refractivity contribution >= 4 is 22.8 Å². The first-order chi connectivity index (χ1) is 16.7. The highest BCUT2D eigenvalue weighted by atomic mass is 16.6. The molecule has 1 amide bonds. The molecule has 0 saturated heterocycles. The zero-order valence-corrected chi connectivity index (χ0v) is 20.8. The lowest BCUT2D eigenvalue weighted by Gasteiger charge is -2.30. The molecule has 0 aliphatic carbocycles. The van der Waals surface area contributed by atoms with Crippen LogP contribution in [0.5, 0.6) is 5.88 Å². The van der Waals surface area contributed by atoms with Gasteiger partial charge >= 0.3 is 6.09 Å². The standard InChI is InChI=1S/C26H31N5O4/c1-7-9-13-34-24-23-27-11-12-30(23)16-21(29-24)18-15-20(28-19-10-14-33-22(18)19)17(3)31(8-2)25(32)35-26(4,5)6/h7,10-12,14-17H,1,8-9,13H2,2-6H3. The van der Waals surface area contributed by atoms with E-state index < -0.39 is 5.60 Å². The summed E-state index contributed by atoms with van der Waals surface area (Å²) in [6.45, 7) is 14.1. The molecule has 35 heavy (non-hydrogen) atoms. The molecule has 0 aromatic carbocycles. The molecule has 0 saturated carbocycles. The highest BCUT2D eigenvalue weighted by molar-refractivity contribution is 5.89. The highest BCUT2D eigenvalue weighted by Crippen LogP contribution is 2.33. The number of aromatic nitrogens is 4. The predicted octanol–water partition coefficient (Wildman–Crippen LogP) is 5.81. The average molecular weight is 478 g/mol. The normalized spacial score (nSPS) is 12.6. The third-order valence-electron chi connectivity index (χ3n) is 5.48. The fraction of sp³-hybridized carbons (Fsp3) is 0.385. The largest absolute Gasteiger partial charge is 0.475 e. The van der Waals surface area contributed by atoms with Crippen molar-refractivity contribution in [3.05, 3.63) is 55.3 Å². The third kappa shape index (κ3) is 5.13. The van der Waals surface area contributed by atoms with Crippen LogP contribution in [-0.4, -0.2) is 49.1 Å². The van der Waals surface area contributed by atoms with E-state index in [0.717, 1.165) is 5.56 Å². The SMILES string of the molecule is C=CCCOc1nc(-c2cc(C(C)N(CC)C(=O)OC(C)(C)C)nc3ccoc23)cn2ccnc12. The van der Waals surface area contributed by atoms with Crippen molar-refractivity contribution in [2.45, 2.75) is 52.7 Å². The Bertz CT molecular complexity index is 1350. The quantitative estimate of drug-likeness (QED) is 0.233. The molecule has 1 atom stereocenters. The van der Waals surface area contributed by atoms with Crippen LogP contribution in [0.4, 0.5) is 4.79 Å². The molecular weight excluding hydrogens is 446 g/mol. The Morgan fingerprint density at radius 2 is 2.14 bits per heavy atom. The summed E-state index contributed by atoms with van der Waals surface area (Å²) in [4.78, 5) is 28.4. The van der Waals surface area contributed by atoms with Gasteiger partial charge in [0.2, 0.25) is 5.65 Å². The smallest absolute Gasteiger partial charge is 0.410 e. The molecule has 0 bridgehead atoms. The number of ether oxygens (including phenoxy) is 2.